The van der Waals surface area contributed by atoms with Crippen LogP contribution in [0.4, 0.5) is 0 Å². The molecule has 4 aromatic carbocycles. The van der Waals surface area contributed by atoms with Crippen molar-refractivity contribution in [2.45, 2.75) is 44.4 Å². The molecule has 0 heterocycles. The van der Waals surface area contributed by atoms with Crippen LogP contribution in [0.2, 0.25) is 5.04 Å². The van der Waals surface area contributed by atoms with Crippen LogP contribution in [0.1, 0.15) is 37.6 Å². The smallest absolute Gasteiger partial charge is 0.338 e. The first kappa shape index (κ1) is 28.7. The third kappa shape index (κ3) is 5.84. The van der Waals surface area contributed by atoms with Crippen molar-refractivity contribution >= 4 is 24.7 Å². The monoisotopic (exact) mass is 562 g/mol. The summed E-state index contributed by atoms with van der Waals surface area (Å²) in [5, 5.41) is 13.0. The van der Waals surface area contributed by atoms with Gasteiger partial charge in [0.2, 0.25) is 0 Å². The van der Waals surface area contributed by atoms with Gasteiger partial charge in [0.05, 0.1) is 17.8 Å². The highest BCUT2D eigenvalue weighted by atomic mass is 28.4. The second kappa shape index (κ2) is 12.0. The summed E-state index contributed by atoms with van der Waals surface area (Å²) in [4.78, 5) is 13.1. The van der Waals surface area contributed by atoms with Crippen molar-refractivity contribution in [3.63, 3.8) is 0 Å². The molecule has 4 aromatic rings. The Morgan fingerprint density at radius 3 is 1.80 bits per heavy atom. The van der Waals surface area contributed by atoms with Crippen molar-refractivity contribution in [3.05, 3.63) is 133 Å². The maximum Gasteiger partial charge on any atom is 0.338 e. The number of rotatable bonds is 8. The zero-order chi connectivity index (χ0) is 29.0. The molecule has 41 heavy (non-hydrogen) atoms. The Bertz CT molecular complexity index is 1420. The predicted molar refractivity (Wildman–Crippen MR) is 168 cm³/mol. The maximum atomic E-state index is 13.1. The first-order valence-corrected chi connectivity index (χ1v) is 16.1. The molecule has 0 spiro atoms. The third-order valence-electron chi connectivity index (χ3n) is 8.18. The van der Waals surface area contributed by atoms with Crippen molar-refractivity contribution in [1.29, 1.82) is 0 Å². The molecule has 1 N–H and O–H groups in total. The van der Waals surface area contributed by atoms with Crippen LogP contribution in [0.25, 0.3) is 11.1 Å². The van der Waals surface area contributed by atoms with Gasteiger partial charge in [-0.2, -0.15) is 0 Å². The first-order valence-electron chi connectivity index (χ1n) is 14.2. The van der Waals surface area contributed by atoms with Gasteiger partial charge < -0.3 is 14.3 Å². The van der Waals surface area contributed by atoms with Gasteiger partial charge in [-0.05, 0) is 44.2 Å². The minimum Gasteiger partial charge on any atom is -0.461 e. The molecule has 5 heteroatoms. The van der Waals surface area contributed by atoms with E-state index in [1.807, 2.05) is 54.6 Å². The molecular weight excluding hydrogens is 524 g/mol. The fourth-order valence-corrected chi connectivity index (χ4v) is 10.7. The first-order chi connectivity index (χ1) is 19.7. The van der Waals surface area contributed by atoms with Gasteiger partial charge >= 0.3 is 5.97 Å². The lowest BCUT2D eigenvalue weighted by Crippen LogP contribution is -2.68. The number of hydrogen-bond donors (Lipinski definition) is 1. The topological polar surface area (TPSA) is 55.8 Å². The van der Waals surface area contributed by atoms with E-state index in [1.165, 1.54) is 10.4 Å². The van der Waals surface area contributed by atoms with Crippen molar-refractivity contribution < 1.29 is 19.1 Å². The average molecular weight is 563 g/mol. The van der Waals surface area contributed by atoms with Crippen LogP contribution < -0.4 is 10.4 Å². The SMILES string of the molecule is C=C1C(O)CC(O[Si](c2ccccc2)(c2ccccc2)C(C)(C)C)C1COC(=O)c1ccc(-c2ccccc2)cc1. The van der Waals surface area contributed by atoms with Gasteiger partial charge in [0, 0.05) is 12.3 Å². The van der Waals surface area contributed by atoms with Crippen LogP contribution >= 0.6 is 0 Å². The van der Waals surface area contributed by atoms with E-state index in [-0.39, 0.29) is 23.7 Å². The fraction of sp³-hybridized carbons (Fsp3) is 0.250. The highest BCUT2D eigenvalue weighted by Gasteiger charge is 2.54. The van der Waals surface area contributed by atoms with E-state index in [1.54, 1.807) is 12.1 Å². The summed E-state index contributed by atoms with van der Waals surface area (Å²) in [6.45, 7) is 11.0. The van der Waals surface area contributed by atoms with E-state index in [2.05, 4.69) is 75.9 Å². The molecule has 4 nitrogen and oxygen atoms in total. The number of ether oxygens (including phenoxy) is 1. The molecule has 5 rings (SSSR count). The number of hydrogen-bond acceptors (Lipinski definition) is 4. The zero-order valence-corrected chi connectivity index (χ0v) is 25.0. The Morgan fingerprint density at radius 1 is 0.805 bits per heavy atom. The van der Waals surface area contributed by atoms with E-state index >= 15 is 0 Å². The molecule has 0 bridgehead atoms. The van der Waals surface area contributed by atoms with E-state index in [0.717, 1.165) is 11.1 Å². The van der Waals surface area contributed by atoms with Crippen LogP contribution in [0, 0.1) is 5.92 Å². The van der Waals surface area contributed by atoms with Crippen LogP contribution in [0.15, 0.2) is 127 Å². The molecule has 0 amide bonds. The molecule has 210 valence electrons. The largest absolute Gasteiger partial charge is 0.461 e. The summed E-state index contributed by atoms with van der Waals surface area (Å²) in [5.74, 6) is -0.720. The van der Waals surface area contributed by atoms with Gasteiger partial charge in [-0.15, -0.1) is 0 Å². The van der Waals surface area contributed by atoms with Crippen molar-refractivity contribution in [3.8, 4) is 11.1 Å². The standard InChI is InChI=1S/C36H38O4Si/c1-26-32(25-39-35(38)29-22-20-28(21-23-29)27-14-8-5-9-15-27)34(24-33(26)37)40-41(36(2,3)4,30-16-10-6-11-17-30)31-18-12-7-13-19-31/h5-23,32-34,37H,1,24-25H2,2-4H3. The van der Waals surface area contributed by atoms with Gasteiger partial charge in [-0.3, -0.25) is 0 Å². The molecule has 3 atom stereocenters. The highest BCUT2D eigenvalue weighted by Crippen LogP contribution is 2.42. The molecule has 0 aliphatic heterocycles. The summed E-state index contributed by atoms with van der Waals surface area (Å²) in [6, 6.07) is 38.3. The Morgan fingerprint density at radius 2 is 1.29 bits per heavy atom. The summed E-state index contributed by atoms with van der Waals surface area (Å²) in [7, 11) is -2.87. The maximum absolute atomic E-state index is 13.1. The van der Waals surface area contributed by atoms with Crippen molar-refractivity contribution in [2.24, 2.45) is 5.92 Å². The van der Waals surface area contributed by atoms with Crippen LogP contribution in [0.5, 0.6) is 0 Å². The van der Waals surface area contributed by atoms with Crippen LogP contribution in [-0.4, -0.2) is 38.2 Å². The van der Waals surface area contributed by atoms with E-state index < -0.39 is 20.4 Å². The molecule has 1 aliphatic carbocycles. The Labute approximate surface area is 244 Å². The average Bonchev–Trinajstić information content (AvgIpc) is 3.26. The van der Waals surface area contributed by atoms with Crippen LogP contribution in [0.3, 0.4) is 0 Å². The summed E-state index contributed by atoms with van der Waals surface area (Å²) >= 11 is 0. The fourth-order valence-electron chi connectivity index (χ4n) is 5.96. The summed E-state index contributed by atoms with van der Waals surface area (Å²) < 4.78 is 13.2. The second-order valence-electron chi connectivity index (χ2n) is 11.8. The summed E-state index contributed by atoms with van der Waals surface area (Å²) in [6.07, 6.45) is -0.652. The molecule has 1 saturated carbocycles. The lowest BCUT2D eigenvalue weighted by atomic mass is 10.0. The Hall–Kier alpha value is -3.77. The van der Waals surface area contributed by atoms with Gasteiger partial charge in [-0.1, -0.05) is 130 Å². The molecule has 0 radical (unpaired) electrons. The number of carbonyl (C=O) groups is 1. The number of aliphatic hydroxyl groups excluding tert-OH is 1. The number of esters is 1. The number of carbonyl (C=O) groups excluding carboxylic acids is 1. The predicted octanol–water partition coefficient (Wildman–Crippen LogP) is 6.39. The molecular formula is C36H38O4Si. The molecule has 1 aliphatic rings. The third-order valence-corrected chi connectivity index (χ3v) is 13.2. The van der Waals surface area contributed by atoms with Crippen molar-refractivity contribution in [1.82, 2.24) is 0 Å². The Balaban J connectivity index is 1.40. The molecule has 3 unspecified atom stereocenters. The zero-order valence-electron chi connectivity index (χ0n) is 24.0. The second-order valence-corrected chi connectivity index (χ2v) is 16.0. The lowest BCUT2D eigenvalue weighted by molar-refractivity contribution is 0.0364. The normalized spacial score (nSPS) is 19.2. The van der Waals surface area contributed by atoms with Gasteiger partial charge in [0.1, 0.15) is 6.61 Å². The highest BCUT2D eigenvalue weighted by molar-refractivity contribution is 6.99. The number of benzene rings is 4. The van der Waals surface area contributed by atoms with Gasteiger partial charge in [0.15, 0.2) is 0 Å². The van der Waals surface area contributed by atoms with E-state index in [9.17, 15) is 9.90 Å². The Kier molecular flexibility index (Phi) is 8.41. The molecule has 0 saturated heterocycles. The van der Waals surface area contributed by atoms with E-state index in [4.69, 9.17) is 9.16 Å². The number of aliphatic hydroxyl groups is 1. The van der Waals surface area contributed by atoms with Crippen molar-refractivity contribution in [2.75, 3.05) is 6.61 Å². The van der Waals surface area contributed by atoms with Gasteiger partial charge in [0.25, 0.3) is 8.32 Å². The van der Waals surface area contributed by atoms with Gasteiger partial charge in [-0.25, -0.2) is 4.79 Å². The molecule has 1 fully saturated rings. The summed E-state index contributed by atoms with van der Waals surface area (Å²) in [5.41, 5.74) is 3.26. The molecule has 0 aromatic heterocycles. The quantitative estimate of drug-likeness (QED) is 0.154. The van der Waals surface area contributed by atoms with Crippen LogP contribution in [-0.2, 0) is 9.16 Å². The minimum atomic E-state index is -2.87. The van der Waals surface area contributed by atoms with E-state index in [0.29, 0.717) is 17.6 Å². The lowest BCUT2D eigenvalue weighted by Gasteiger charge is -2.45. The minimum absolute atomic E-state index is 0.0953.